The monoisotopic (exact) mass is 436 g/mol. The highest BCUT2D eigenvalue weighted by Crippen LogP contribution is 2.28. The van der Waals surface area contributed by atoms with Crippen molar-refractivity contribution in [2.45, 2.75) is 52.6 Å². The highest BCUT2D eigenvalue weighted by atomic mass is 16.4. The number of hydrogen-bond donors (Lipinski definition) is 3. The molecule has 2 atom stereocenters. The minimum atomic E-state index is -0.847. The number of hydrogen-bond acceptors (Lipinski definition) is 3. The molecule has 0 spiro atoms. The first kappa shape index (κ1) is 29.1. The van der Waals surface area contributed by atoms with E-state index in [2.05, 4.69) is 5.32 Å². The first-order chi connectivity index (χ1) is 15.5. The third-order valence-corrected chi connectivity index (χ3v) is 4.55. The van der Waals surface area contributed by atoms with Gasteiger partial charge in [-0.05, 0) is 30.7 Å². The van der Waals surface area contributed by atoms with E-state index >= 15 is 0 Å². The number of carboxylic acid groups (broad SMARTS) is 1. The van der Waals surface area contributed by atoms with Gasteiger partial charge in [0.15, 0.2) is 0 Å². The van der Waals surface area contributed by atoms with E-state index in [4.69, 9.17) is 5.73 Å². The van der Waals surface area contributed by atoms with Crippen LogP contribution in [0.3, 0.4) is 0 Å². The molecule has 0 aromatic heterocycles. The van der Waals surface area contributed by atoms with Gasteiger partial charge in [0.2, 0.25) is 0 Å². The van der Waals surface area contributed by atoms with E-state index < -0.39 is 12.0 Å². The average molecular weight is 437 g/mol. The molecular weight excluding hydrogens is 396 g/mol. The van der Waals surface area contributed by atoms with Gasteiger partial charge in [-0.2, -0.15) is 0 Å². The van der Waals surface area contributed by atoms with Gasteiger partial charge in [-0.25, -0.2) is 0 Å². The predicted molar refractivity (Wildman–Crippen MR) is 137 cm³/mol. The van der Waals surface area contributed by atoms with Gasteiger partial charge in [0.05, 0.1) is 0 Å². The van der Waals surface area contributed by atoms with Crippen LogP contribution in [-0.4, -0.2) is 24.2 Å². The SMILES string of the molecule is CC.CC.CC(N)c1ccccc1.CNC(C(=O)O)C(c1ccccc1)c1ccccc1. The summed E-state index contributed by atoms with van der Waals surface area (Å²) in [7, 11) is 1.68. The molecule has 4 N–H and O–H groups in total. The normalized spacial score (nSPS) is 11.4. The van der Waals surface area contributed by atoms with E-state index in [-0.39, 0.29) is 12.0 Å². The van der Waals surface area contributed by atoms with E-state index in [1.54, 1.807) is 7.05 Å². The van der Waals surface area contributed by atoms with Gasteiger partial charge in [0, 0.05) is 12.0 Å². The van der Waals surface area contributed by atoms with E-state index in [1.165, 1.54) is 5.56 Å². The third-order valence-electron chi connectivity index (χ3n) is 4.55. The highest BCUT2D eigenvalue weighted by Gasteiger charge is 2.29. The predicted octanol–water partition coefficient (Wildman–Crippen LogP) is 6.25. The van der Waals surface area contributed by atoms with Gasteiger partial charge in [0.1, 0.15) is 6.04 Å². The van der Waals surface area contributed by atoms with Crippen molar-refractivity contribution in [1.82, 2.24) is 5.32 Å². The second-order valence-electron chi connectivity index (χ2n) is 6.60. The largest absolute Gasteiger partial charge is 0.480 e. The molecule has 174 valence electrons. The zero-order valence-corrected chi connectivity index (χ0v) is 20.3. The molecule has 0 heterocycles. The number of carbonyl (C=O) groups is 1. The lowest BCUT2D eigenvalue weighted by atomic mass is 9.85. The van der Waals surface area contributed by atoms with Crippen LogP contribution in [0.4, 0.5) is 0 Å². The minimum Gasteiger partial charge on any atom is -0.480 e. The molecule has 0 saturated heterocycles. The Labute approximate surface area is 194 Å². The van der Waals surface area contributed by atoms with Crippen LogP contribution in [0, 0.1) is 0 Å². The Bertz CT molecular complexity index is 782. The smallest absolute Gasteiger partial charge is 0.321 e. The van der Waals surface area contributed by atoms with Crippen molar-refractivity contribution in [3.63, 3.8) is 0 Å². The number of rotatable bonds is 6. The van der Waals surface area contributed by atoms with Crippen molar-refractivity contribution >= 4 is 5.97 Å². The van der Waals surface area contributed by atoms with Crippen LogP contribution in [0.15, 0.2) is 91.0 Å². The van der Waals surface area contributed by atoms with Crippen molar-refractivity contribution in [2.75, 3.05) is 7.05 Å². The fourth-order valence-corrected chi connectivity index (χ4v) is 3.09. The summed E-state index contributed by atoms with van der Waals surface area (Å²) < 4.78 is 0. The van der Waals surface area contributed by atoms with Crippen LogP contribution in [0.5, 0.6) is 0 Å². The summed E-state index contributed by atoms with van der Waals surface area (Å²) in [6, 6.07) is 29.0. The van der Waals surface area contributed by atoms with Gasteiger partial charge in [-0.15, -0.1) is 0 Å². The quantitative estimate of drug-likeness (QED) is 0.427. The molecule has 4 nitrogen and oxygen atoms in total. The highest BCUT2D eigenvalue weighted by molar-refractivity contribution is 5.76. The molecular formula is C28H40N2O2. The molecule has 3 aromatic carbocycles. The number of likely N-dealkylation sites (N-methyl/N-ethyl adjacent to an activating group) is 1. The molecule has 0 fully saturated rings. The van der Waals surface area contributed by atoms with Crippen LogP contribution < -0.4 is 11.1 Å². The molecule has 0 aliphatic heterocycles. The number of nitrogens with one attached hydrogen (secondary N) is 1. The Kier molecular flexibility index (Phi) is 16.1. The molecule has 0 saturated carbocycles. The number of nitrogens with two attached hydrogens (primary N) is 1. The Morgan fingerprint density at radius 2 is 1.03 bits per heavy atom. The molecule has 0 bridgehead atoms. The summed E-state index contributed by atoms with van der Waals surface area (Å²) in [5.41, 5.74) is 8.80. The van der Waals surface area contributed by atoms with E-state index in [1.807, 2.05) is 126 Å². The molecule has 4 heteroatoms. The zero-order chi connectivity index (χ0) is 24.4. The molecule has 32 heavy (non-hydrogen) atoms. The second-order valence-corrected chi connectivity index (χ2v) is 6.60. The summed E-state index contributed by atoms with van der Waals surface area (Å²) in [5, 5.41) is 12.3. The Morgan fingerprint density at radius 1 is 0.719 bits per heavy atom. The molecule has 0 aliphatic rings. The average Bonchev–Trinajstić information content (AvgIpc) is 2.86. The summed E-state index contributed by atoms with van der Waals surface area (Å²) in [6.07, 6.45) is 0. The Morgan fingerprint density at radius 3 is 1.25 bits per heavy atom. The fourth-order valence-electron chi connectivity index (χ4n) is 3.09. The lowest BCUT2D eigenvalue weighted by molar-refractivity contribution is -0.139. The van der Waals surface area contributed by atoms with E-state index in [0.717, 1.165) is 11.1 Å². The first-order valence-corrected chi connectivity index (χ1v) is 11.3. The van der Waals surface area contributed by atoms with Gasteiger partial charge in [-0.3, -0.25) is 4.79 Å². The number of carboxylic acids is 1. The van der Waals surface area contributed by atoms with E-state index in [0.29, 0.717) is 0 Å². The maximum Gasteiger partial charge on any atom is 0.321 e. The zero-order valence-electron chi connectivity index (χ0n) is 20.3. The van der Waals surface area contributed by atoms with Crippen LogP contribution in [0.1, 0.15) is 63.3 Å². The first-order valence-electron chi connectivity index (χ1n) is 11.3. The van der Waals surface area contributed by atoms with Crippen LogP contribution in [0.25, 0.3) is 0 Å². The summed E-state index contributed by atoms with van der Waals surface area (Å²) in [6.45, 7) is 9.98. The lowest BCUT2D eigenvalue weighted by Crippen LogP contribution is -2.40. The minimum absolute atomic E-state index is 0.159. The molecule has 0 amide bonds. The lowest BCUT2D eigenvalue weighted by Gasteiger charge is -2.24. The van der Waals surface area contributed by atoms with Crippen LogP contribution in [0.2, 0.25) is 0 Å². The Hall–Kier alpha value is -2.95. The second kappa shape index (κ2) is 17.7. The third kappa shape index (κ3) is 9.90. The van der Waals surface area contributed by atoms with Gasteiger partial charge in [0.25, 0.3) is 0 Å². The van der Waals surface area contributed by atoms with Crippen molar-refractivity contribution in [1.29, 1.82) is 0 Å². The van der Waals surface area contributed by atoms with Gasteiger partial charge in [-0.1, -0.05) is 119 Å². The molecule has 0 aliphatic carbocycles. The number of aliphatic carboxylic acids is 1. The van der Waals surface area contributed by atoms with Crippen molar-refractivity contribution < 1.29 is 9.90 Å². The maximum absolute atomic E-state index is 11.5. The molecule has 3 aromatic rings. The van der Waals surface area contributed by atoms with Crippen molar-refractivity contribution in [3.8, 4) is 0 Å². The molecule has 3 rings (SSSR count). The van der Waals surface area contributed by atoms with E-state index in [9.17, 15) is 9.90 Å². The molecule has 0 radical (unpaired) electrons. The number of benzene rings is 3. The van der Waals surface area contributed by atoms with Crippen molar-refractivity contribution in [3.05, 3.63) is 108 Å². The fraction of sp³-hybridized carbons (Fsp3) is 0.321. The summed E-state index contributed by atoms with van der Waals surface area (Å²) >= 11 is 0. The summed E-state index contributed by atoms with van der Waals surface area (Å²) in [4.78, 5) is 11.5. The summed E-state index contributed by atoms with van der Waals surface area (Å²) in [5.74, 6) is -1.05. The van der Waals surface area contributed by atoms with Gasteiger partial charge >= 0.3 is 5.97 Å². The van der Waals surface area contributed by atoms with Gasteiger partial charge < -0.3 is 16.2 Å². The van der Waals surface area contributed by atoms with Crippen LogP contribution in [-0.2, 0) is 4.79 Å². The van der Waals surface area contributed by atoms with Crippen molar-refractivity contribution in [2.24, 2.45) is 5.73 Å². The molecule has 2 unspecified atom stereocenters. The Balaban J connectivity index is 0.000000619. The standard InChI is InChI=1S/C16H17NO2.C8H11N.2C2H6/c1-17-15(16(18)19)14(12-8-4-2-5-9-12)13-10-6-3-7-11-13;1-7(9)8-5-3-2-4-6-8;2*1-2/h2-11,14-15,17H,1H3,(H,18,19);2-7H,9H2,1H3;2*1-2H3. The topological polar surface area (TPSA) is 75.3 Å². The van der Waals surface area contributed by atoms with Crippen LogP contribution >= 0.6 is 0 Å². The maximum atomic E-state index is 11.5.